The fourth-order valence-corrected chi connectivity index (χ4v) is 6.31. The number of rotatable bonds is 7. The molecule has 7 N–H and O–H groups in total. The average molecular weight is 670 g/mol. The zero-order chi connectivity index (χ0) is 32.7. The molecule has 0 radical (unpaired) electrons. The Hall–Kier alpha value is -3.98. The van der Waals surface area contributed by atoms with E-state index in [9.17, 15) is 35.1 Å². The molecule has 3 aromatic carbocycles. The zero-order valence-corrected chi connectivity index (χ0v) is 25.6. The molecule has 4 aromatic rings. The van der Waals surface area contributed by atoms with E-state index in [2.05, 4.69) is 10.3 Å². The summed E-state index contributed by atoms with van der Waals surface area (Å²) in [6, 6.07) is 16.4. The molecule has 1 saturated heterocycles. The van der Waals surface area contributed by atoms with Gasteiger partial charge in [-0.1, -0.05) is 41.4 Å². The van der Waals surface area contributed by atoms with Crippen LogP contribution in [0.15, 0.2) is 83.4 Å². The van der Waals surface area contributed by atoms with Gasteiger partial charge in [-0.05, 0) is 60.9 Å². The lowest BCUT2D eigenvalue weighted by molar-refractivity contribution is -0.0580. The van der Waals surface area contributed by atoms with E-state index in [0.717, 1.165) is 0 Å². The second kappa shape index (κ2) is 13.0. The molecule has 2 aliphatic rings. The Labute approximate surface area is 272 Å². The summed E-state index contributed by atoms with van der Waals surface area (Å²) in [5.74, 6) is -0.520. The summed E-state index contributed by atoms with van der Waals surface area (Å²) in [5, 5.41) is 56.7. The van der Waals surface area contributed by atoms with E-state index in [0.29, 0.717) is 27.0 Å². The van der Waals surface area contributed by atoms with Gasteiger partial charge in [0.2, 0.25) is 0 Å². The van der Waals surface area contributed by atoms with Crippen molar-refractivity contribution in [3.8, 4) is 11.6 Å². The van der Waals surface area contributed by atoms with Crippen LogP contribution in [0.25, 0.3) is 10.8 Å². The van der Waals surface area contributed by atoms with Crippen LogP contribution < -0.4 is 20.5 Å². The number of aliphatic hydroxyl groups excluding tert-OH is 4. The molecular weight excluding hydrogens is 639 g/mol. The highest BCUT2D eigenvalue weighted by atomic mass is 35.5. The van der Waals surface area contributed by atoms with E-state index in [1.807, 2.05) is 0 Å². The van der Waals surface area contributed by atoms with Crippen molar-refractivity contribution in [2.24, 2.45) is 0 Å². The van der Waals surface area contributed by atoms with Crippen LogP contribution in [0.2, 0.25) is 10.0 Å². The molecular formula is C32H30Cl2N4O8. The third kappa shape index (κ3) is 6.47. The minimum absolute atomic E-state index is 0.0974. The summed E-state index contributed by atoms with van der Waals surface area (Å²) in [7, 11) is 0. The van der Waals surface area contributed by atoms with Gasteiger partial charge in [-0.3, -0.25) is 19.9 Å². The van der Waals surface area contributed by atoms with Gasteiger partial charge in [0.25, 0.3) is 11.5 Å². The monoisotopic (exact) mass is 668 g/mol. The standard InChI is InChI=1S/C32H30Cl2N4O8/c33-17-10-18(34)12-20(11-17)46-25-14-28(41)37(32(25)45)15-16-4-6-19(7-5-16)38(24-8-9-26(39)35-30(24)43)31(44)22-3-1-2-21-23(22)13-27(40)36-29(21)42/h1-7,10-14,24,26,28,30,32,35,39,41,43,45H,8-9,15H2,(H2,36,40,42). The Morgan fingerprint density at radius 3 is 2.37 bits per heavy atom. The van der Waals surface area contributed by atoms with Gasteiger partial charge in [0, 0.05) is 50.8 Å². The summed E-state index contributed by atoms with van der Waals surface area (Å²) in [4.78, 5) is 31.5. The van der Waals surface area contributed by atoms with Gasteiger partial charge in [0.15, 0.2) is 12.1 Å². The second-order valence-electron chi connectivity index (χ2n) is 11.1. The average Bonchev–Trinajstić information content (AvgIpc) is 3.25. The zero-order valence-electron chi connectivity index (χ0n) is 24.0. The van der Waals surface area contributed by atoms with Crippen molar-refractivity contribution >= 4 is 45.6 Å². The maximum absolute atomic E-state index is 14.2. The number of amides is 1. The number of anilines is 1. The Bertz CT molecular complexity index is 1850. The number of hydrogen-bond donors (Lipinski definition) is 7. The quantitative estimate of drug-likeness (QED) is 0.155. The number of fused-ring (bicyclic) bond motifs is 1. The van der Waals surface area contributed by atoms with Crippen molar-refractivity contribution in [2.75, 3.05) is 4.90 Å². The molecule has 5 atom stereocenters. The van der Waals surface area contributed by atoms with E-state index < -0.39 is 42.4 Å². The molecule has 1 fully saturated rings. The van der Waals surface area contributed by atoms with Crippen LogP contribution in [0.1, 0.15) is 28.8 Å². The van der Waals surface area contributed by atoms with E-state index in [1.165, 1.54) is 46.2 Å². The maximum Gasteiger partial charge on any atom is 0.259 e. The lowest BCUT2D eigenvalue weighted by atomic mass is 9.98. The number of ether oxygens (including phenoxy) is 1. The molecule has 240 valence electrons. The Balaban J connectivity index is 1.26. The molecule has 1 amide bonds. The lowest BCUT2D eigenvalue weighted by Crippen LogP contribution is -2.58. The number of hydrogen-bond acceptors (Lipinski definition) is 10. The smallest absolute Gasteiger partial charge is 0.259 e. The van der Waals surface area contributed by atoms with Gasteiger partial charge in [-0.2, -0.15) is 0 Å². The number of carbonyl (C=O) groups is 1. The molecule has 46 heavy (non-hydrogen) atoms. The number of aromatic amines is 1. The topological polar surface area (TPSA) is 179 Å². The summed E-state index contributed by atoms with van der Waals surface area (Å²) in [6.07, 6.45) is -2.78. The number of halogens is 2. The number of aliphatic hydroxyl groups is 4. The molecule has 0 saturated carbocycles. The van der Waals surface area contributed by atoms with Crippen LogP contribution in [0.4, 0.5) is 5.69 Å². The van der Waals surface area contributed by atoms with Crippen molar-refractivity contribution in [3.63, 3.8) is 0 Å². The third-order valence-corrected chi connectivity index (χ3v) is 8.43. The normalized spacial score (nSPS) is 23.3. The van der Waals surface area contributed by atoms with E-state index >= 15 is 0 Å². The van der Waals surface area contributed by atoms with Gasteiger partial charge in [-0.25, -0.2) is 4.90 Å². The first-order valence-electron chi connectivity index (χ1n) is 14.4. The van der Waals surface area contributed by atoms with Crippen LogP contribution in [0.3, 0.4) is 0 Å². The largest absolute Gasteiger partial charge is 0.494 e. The summed E-state index contributed by atoms with van der Waals surface area (Å²) < 4.78 is 5.75. The summed E-state index contributed by atoms with van der Waals surface area (Å²) in [6.45, 7) is 0.0986. The number of aromatic hydroxyl groups is 1. The Morgan fingerprint density at radius 2 is 1.67 bits per heavy atom. The highest BCUT2D eigenvalue weighted by Gasteiger charge is 2.37. The van der Waals surface area contributed by atoms with Gasteiger partial charge >= 0.3 is 0 Å². The number of H-pyrrole nitrogens is 1. The van der Waals surface area contributed by atoms with Crippen molar-refractivity contribution in [2.45, 2.75) is 50.3 Å². The summed E-state index contributed by atoms with van der Waals surface area (Å²) >= 11 is 12.1. The predicted molar refractivity (Wildman–Crippen MR) is 170 cm³/mol. The fourth-order valence-electron chi connectivity index (χ4n) is 5.80. The number of aromatic nitrogens is 1. The first-order valence-corrected chi connectivity index (χ1v) is 15.1. The van der Waals surface area contributed by atoms with Crippen LogP contribution in [-0.2, 0) is 6.54 Å². The van der Waals surface area contributed by atoms with E-state index in [1.54, 1.807) is 36.4 Å². The van der Waals surface area contributed by atoms with Gasteiger partial charge < -0.3 is 35.2 Å². The van der Waals surface area contributed by atoms with Crippen molar-refractivity contribution < 1.29 is 35.1 Å². The molecule has 0 aliphatic carbocycles. The third-order valence-electron chi connectivity index (χ3n) is 8.00. The van der Waals surface area contributed by atoms with E-state index in [-0.39, 0.29) is 47.4 Å². The van der Waals surface area contributed by atoms with Crippen LogP contribution in [0, 0.1) is 0 Å². The highest BCUT2D eigenvalue weighted by molar-refractivity contribution is 6.34. The number of carbonyl (C=O) groups excluding carboxylic acids is 1. The molecule has 12 nitrogen and oxygen atoms in total. The van der Waals surface area contributed by atoms with Crippen LogP contribution in [-0.4, -0.2) is 72.3 Å². The van der Waals surface area contributed by atoms with Crippen LogP contribution >= 0.6 is 23.2 Å². The Morgan fingerprint density at radius 1 is 0.957 bits per heavy atom. The predicted octanol–water partition coefficient (Wildman–Crippen LogP) is 2.99. The Kier molecular flexibility index (Phi) is 9.06. The number of nitrogens with one attached hydrogen (secondary N) is 2. The molecule has 5 unspecified atom stereocenters. The number of piperidine rings is 1. The van der Waals surface area contributed by atoms with Crippen molar-refractivity contribution in [3.05, 3.63) is 110 Å². The van der Waals surface area contributed by atoms with Crippen LogP contribution in [0.5, 0.6) is 11.6 Å². The van der Waals surface area contributed by atoms with Gasteiger partial charge in [0.05, 0.1) is 6.04 Å². The molecule has 0 spiro atoms. The number of nitrogens with zero attached hydrogens (tertiary/aromatic N) is 2. The molecule has 0 bridgehead atoms. The molecule has 2 aliphatic heterocycles. The SMILES string of the molecule is O=C(c1cccc2c(O)[nH]c(=O)cc12)N(c1ccc(CN2C(O)C=C(Oc3cc(Cl)cc(Cl)c3)C2O)cc1)C1CCC(O)NC1O. The molecule has 3 heterocycles. The first-order chi connectivity index (χ1) is 22.0. The second-order valence-corrected chi connectivity index (χ2v) is 12.0. The molecule has 6 rings (SSSR count). The number of benzene rings is 3. The lowest BCUT2D eigenvalue weighted by Gasteiger charge is -2.40. The highest BCUT2D eigenvalue weighted by Crippen LogP contribution is 2.33. The minimum Gasteiger partial charge on any atom is -0.494 e. The van der Waals surface area contributed by atoms with Gasteiger partial charge in [0.1, 0.15) is 30.2 Å². The molecule has 14 heteroatoms. The van der Waals surface area contributed by atoms with Gasteiger partial charge in [-0.15, -0.1) is 0 Å². The van der Waals surface area contributed by atoms with E-state index in [4.69, 9.17) is 27.9 Å². The minimum atomic E-state index is -1.29. The summed E-state index contributed by atoms with van der Waals surface area (Å²) in [5.41, 5.74) is 0.622. The first kappa shape index (κ1) is 32.0. The van der Waals surface area contributed by atoms with Crippen molar-refractivity contribution in [1.82, 2.24) is 15.2 Å². The van der Waals surface area contributed by atoms with Crippen molar-refractivity contribution in [1.29, 1.82) is 0 Å². The maximum atomic E-state index is 14.2. The number of pyridine rings is 1. The molecule has 1 aromatic heterocycles. The fraction of sp³-hybridized carbons (Fsp3) is 0.250.